The summed E-state index contributed by atoms with van der Waals surface area (Å²) in [6, 6.07) is 5.69. The van der Waals surface area contributed by atoms with E-state index in [2.05, 4.69) is 11.8 Å². The summed E-state index contributed by atoms with van der Waals surface area (Å²) in [5.41, 5.74) is 2.64. The zero-order valence-corrected chi connectivity index (χ0v) is 16.5. The molecule has 1 aromatic rings. The fraction of sp³-hybridized carbons (Fsp3) is 0.611. The van der Waals surface area contributed by atoms with Gasteiger partial charge in [0.25, 0.3) is 0 Å². The number of benzene rings is 1. The standard InChI is InChI=1S/C18H29N3O3S/c1-5-19-8-10-20(11-9-19)18(22)6-7-21(25(4,23)24)17-13-15(2)12-16(3)14-17/h12-14H,5-11H2,1-4H3. The van der Waals surface area contributed by atoms with Gasteiger partial charge in [0, 0.05) is 39.1 Å². The Morgan fingerprint density at radius 2 is 1.64 bits per heavy atom. The molecule has 0 atom stereocenters. The van der Waals surface area contributed by atoms with Crippen molar-refractivity contribution in [1.29, 1.82) is 0 Å². The summed E-state index contributed by atoms with van der Waals surface area (Å²) >= 11 is 0. The van der Waals surface area contributed by atoms with E-state index in [0.717, 1.165) is 43.9 Å². The maximum atomic E-state index is 12.5. The van der Waals surface area contributed by atoms with E-state index >= 15 is 0 Å². The first kappa shape index (κ1) is 19.7. The first-order chi connectivity index (χ1) is 11.7. The fourth-order valence-electron chi connectivity index (χ4n) is 3.25. The summed E-state index contributed by atoms with van der Waals surface area (Å²) < 4.78 is 25.8. The third kappa shape index (κ3) is 5.44. The van der Waals surface area contributed by atoms with Crippen LogP contribution >= 0.6 is 0 Å². The van der Waals surface area contributed by atoms with Gasteiger partial charge in [0.1, 0.15) is 0 Å². The SMILES string of the molecule is CCN1CCN(C(=O)CCN(c2cc(C)cc(C)c2)S(C)(=O)=O)CC1. The number of piperazine rings is 1. The smallest absolute Gasteiger partial charge is 0.232 e. The number of carbonyl (C=O) groups is 1. The molecule has 0 N–H and O–H groups in total. The highest BCUT2D eigenvalue weighted by molar-refractivity contribution is 7.92. The number of rotatable bonds is 6. The highest BCUT2D eigenvalue weighted by Crippen LogP contribution is 2.21. The van der Waals surface area contributed by atoms with Gasteiger partial charge < -0.3 is 9.80 Å². The molecule has 1 aliphatic heterocycles. The number of aryl methyl sites for hydroxylation is 2. The van der Waals surface area contributed by atoms with Crippen molar-refractivity contribution >= 4 is 21.6 Å². The van der Waals surface area contributed by atoms with Gasteiger partial charge in [-0.05, 0) is 43.7 Å². The lowest BCUT2D eigenvalue weighted by Crippen LogP contribution is -2.49. The minimum absolute atomic E-state index is 0.0220. The second-order valence-corrected chi connectivity index (χ2v) is 8.65. The second-order valence-electron chi connectivity index (χ2n) is 6.75. The van der Waals surface area contributed by atoms with E-state index in [-0.39, 0.29) is 18.9 Å². The van der Waals surface area contributed by atoms with E-state index in [0.29, 0.717) is 5.69 Å². The number of hydrogen-bond acceptors (Lipinski definition) is 4. The average Bonchev–Trinajstić information content (AvgIpc) is 2.52. The van der Waals surface area contributed by atoms with Crippen LogP contribution in [0.15, 0.2) is 18.2 Å². The topological polar surface area (TPSA) is 60.9 Å². The molecule has 0 radical (unpaired) electrons. The van der Waals surface area contributed by atoms with Gasteiger partial charge >= 0.3 is 0 Å². The molecule has 1 saturated heterocycles. The van der Waals surface area contributed by atoms with Gasteiger partial charge in [0.2, 0.25) is 15.9 Å². The lowest BCUT2D eigenvalue weighted by atomic mass is 10.1. The molecule has 140 valence electrons. The molecule has 0 spiro atoms. The van der Waals surface area contributed by atoms with Crippen LogP contribution in [0.5, 0.6) is 0 Å². The summed E-state index contributed by atoms with van der Waals surface area (Å²) in [6.45, 7) is 10.4. The van der Waals surface area contributed by atoms with Crippen molar-refractivity contribution in [2.24, 2.45) is 0 Å². The summed E-state index contributed by atoms with van der Waals surface area (Å²) in [4.78, 5) is 16.6. The van der Waals surface area contributed by atoms with Crippen molar-refractivity contribution in [3.05, 3.63) is 29.3 Å². The quantitative estimate of drug-likeness (QED) is 0.767. The number of carbonyl (C=O) groups excluding carboxylic acids is 1. The summed E-state index contributed by atoms with van der Waals surface area (Å²) in [6.07, 6.45) is 1.39. The summed E-state index contributed by atoms with van der Waals surface area (Å²) in [5, 5.41) is 0. The second kappa shape index (κ2) is 8.19. The molecule has 0 saturated carbocycles. The molecule has 2 rings (SSSR count). The van der Waals surface area contributed by atoms with Gasteiger partial charge in [-0.1, -0.05) is 13.0 Å². The van der Waals surface area contributed by atoms with Crippen LogP contribution < -0.4 is 4.31 Å². The molecule has 1 aliphatic rings. The minimum Gasteiger partial charge on any atom is -0.340 e. The molecule has 1 heterocycles. The first-order valence-corrected chi connectivity index (χ1v) is 10.6. The van der Waals surface area contributed by atoms with Crippen LogP contribution in [-0.2, 0) is 14.8 Å². The Morgan fingerprint density at radius 3 is 2.12 bits per heavy atom. The highest BCUT2D eigenvalue weighted by atomic mass is 32.2. The Morgan fingerprint density at radius 1 is 1.08 bits per heavy atom. The first-order valence-electron chi connectivity index (χ1n) is 8.77. The Bertz CT molecular complexity index is 690. The molecule has 7 heteroatoms. The number of sulfonamides is 1. The number of anilines is 1. The minimum atomic E-state index is -3.44. The van der Waals surface area contributed by atoms with Crippen LogP contribution in [0.25, 0.3) is 0 Å². The van der Waals surface area contributed by atoms with E-state index in [1.165, 1.54) is 10.6 Å². The van der Waals surface area contributed by atoms with Crippen molar-refractivity contribution in [2.75, 3.05) is 49.8 Å². The molecule has 6 nitrogen and oxygen atoms in total. The zero-order valence-electron chi connectivity index (χ0n) is 15.7. The lowest BCUT2D eigenvalue weighted by Gasteiger charge is -2.34. The number of nitrogens with zero attached hydrogens (tertiary/aromatic N) is 3. The normalized spacial score (nSPS) is 16.1. The third-order valence-electron chi connectivity index (χ3n) is 4.60. The Kier molecular flexibility index (Phi) is 6.46. The monoisotopic (exact) mass is 367 g/mol. The third-order valence-corrected chi connectivity index (χ3v) is 5.79. The number of hydrogen-bond donors (Lipinski definition) is 0. The van der Waals surface area contributed by atoms with E-state index in [1.807, 2.05) is 36.9 Å². The van der Waals surface area contributed by atoms with Crippen molar-refractivity contribution in [3.8, 4) is 0 Å². The summed E-state index contributed by atoms with van der Waals surface area (Å²) in [7, 11) is -3.44. The predicted octanol–water partition coefficient (Wildman–Crippen LogP) is 1.62. The molecule has 1 aromatic carbocycles. The number of likely N-dealkylation sites (N-methyl/N-ethyl adjacent to an activating group) is 1. The molecule has 1 fully saturated rings. The molecule has 1 amide bonds. The molecule has 25 heavy (non-hydrogen) atoms. The molecule has 0 bridgehead atoms. The van der Waals surface area contributed by atoms with Crippen LogP contribution in [0, 0.1) is 13.8 Å². The van der Waals surface area contributed by atoms with Crippen molar-refractivity contribution in [1.82, 2.24) is 9.80 Å². The van der Waals surface area contributed by atoms with Gasteiger partial charge in [-0.3, -0.25) is 9.10 Å². The van der Waals surface area contributed by atoms with E-state index in [9.17, 15) is 13.2 Å². The number of amides is 1. The van der Waals surface area contributed by atoms with Crippen LogP contribution in [0.1, 0.15) is 24.5 Å². The zero-order chi connectivity index (χ0) is 18.6. The van der Waals surface area contributed by atoms with Gasteiger partial charge in [-0.25, -0.2) is 8.42 Å². The van der Waals surface area contributed by atoms with Crippen LogP contribution in [-0.4, -0.2) is 69.6 Å². The Balaban J connectivity index is 2.05. The molecule has 0 aliphatic carbocycles. The maximum Gasteiger partial charge on any atom is 0.232 e. The van der Waals surface area contributed by atoms with E-state index < -0.39 is 10.0 Å². The lowest BCUT2D eigenvalue weighted by molar-refractivity contribution is -0.132. The van der Waals surface area contributed by atoms with Crippen molar-refractivity contribution in [2.45, 2.75) is 27.2 Å². The van der Waals surface area contributed by atoms with Crippen molar-refractivity contribution in [3.63, 3.8) is 0 Å². The van der Waals surface area contributed by atoms with Crippen LogP contribution in [0.3, 0.4) is 0 Å². The van der Waals surface area contributed by atoms with Gasteiger partial charge in [-0.15, -0.1) is 0 Å². The molecular formula is C18H29N3O3S. The molecule has 0 aromatic heterocycles. The van der Waals surface area contributed by atoms with Gasteiger partial charge in [0.05, 0.1) is 11.9 Å². The van der Waals surface area contributed by atoms with Crippen molar-refractivity contribution < 1.29 is 13.2 Å². The van der Waals surface area contributed by atoms with Crippen LogP contribution in [0.4, 0.5) is 5.69 Å². The summed E-state index contributed by atoms with van der Waals surface area (Å²) in [5.74, 6) is 0.0220. The van der Waals surface area contributed by atoms with Crippen LogP contribution in [0.2, 0.25) is 0 Å². The molecule has 0 unspecified atom stereocenters. The van der Waals surface area contributed by atoms with E-state index in [1.54, 1.807) is 0 Å². The Labute approximate surface area is 151 Å². The van der Waals surface area contributed by atoms with E-state index in [4.69, 9.17) is 0 Å². The highest BCUT2D eigenvalue weighted by Gasteiger charge is 2.23. The van der Waals surface area contributed by atoms with Gasteiger partial charge in [0.15, 0.2) is 0 Å². The average molecular weight is 368 g/mol. The molecular weight excluding hydrogens is 338 g/mol. The maximum absolute atomic E-state index is 12.5. The fourth-order valence-corrected chi connectivity index (χ4v) is 4.16. The largest absolute Gasteiger partial charge is 0.340 e. The van der Waals surface area contributed by atoms with Gasteiger partial charge in [-0.2, -0.15) is 0 Å². The predicted molar refractivity (Wildman–Crippen MR) is 101 cm³/mol. The Hall–Kier alpha value is -1.60.